The van der Waals surface area contributed by atoms with E-state index in [-0.39, 0.29) is 5.91 Å². The van der Waals surface area contributed by atoms with Crippen LogP contribution in [0, 0.1) is 18.3 Å². The monoisotopic (exact) mass is 314 g/mol. The number of hydrogen-bond acceptors (Lipinski definition) is 4. The molecule has 0 fully saturated rings. The van der Waals surface area contributed by atoms with Gasteiger partial charge in [-0.3, -0.25) is 4.79 Å². The van der Waals surface area contributed by atoms with Crippen LogP contribution in [-0.4, -0.2) is 17.4 Å². The molecule has 0 aliphatic rings. The van der Waals surface area contributed by atoms with E-state index < -0.39 is 0 Å². The average molecular weight is 315 g/mol. The van der Waals surface area contributed by atoms with Crippen molar-refractivity contribution in [1.29, 1.82) is 5.26 Å². The Morgan fingerprint density at radius 1 is 1.36 bits per heavy atom. The molecular weight excluding hydrogens is 300 g/mol. The summed E-state index contributed by atoms with van der Waals surface area (Å²) >= 11 is 5.94. The van der Waals surface area contributed by atoms with Crippen molar-refractivity contribution >= 4 is 29.0 Å². The summed E-state index contributed by atoms with van der Waals surface area (Å²) in [5, 5.41) is 15.0. The molecule has 5 nitrogen and oxygen atoms in total. The van der Waals surface area contributed by atoms with E-state index in [9.17, 15) is 4.79 Å². The van der Waals surface area contributed by atoms with Crippen LogP contribution < -0.4 is 10.6 Å². The number of amides is 1. The van der Waals surface area contributed by atoms with Gasteiger partial charge in [-0.2, -0.15) is 5.26 Å². The molecule has 1 aromatic heterocycles. The van der Waals surface area contributed by atoms with Gasteiger partial charge in [0, 0.05) is 24.8 Å². The number of aryl methyl sites for hydroxylation is 1. The van der Waals surface area contributed by atoms with E-state index in [4.69, 9.17) is 16.9 Å². The number of anilines is 2. The minimum absolute atomic E-state index is 0.122. The smallest absolute Gasteiger partial charge is 0.227 e. The first kappa shape index (κ1) is 15.8. The Hall–Kier alpha value is -2.58. The van der Waals surface area contributed by atoms with Crippen molar-refractivity contribution in [1.82, 2.24) is 4.98 Å². The lowest BCUT2D eigenvalue weighted by Crippen LogP contribution is -2.16. The molecule has 0 aliphatic heterocycles. The summed E-state index contributed by atoms with van der Waals surface area (Å²) in [6.07, 6.45) is 2.00. The molecule has 2 aromatic rings. The number of benzene rings is 1. The van der Waals surface area contributed by atoms with E-state index in [2.05, 4.69) is 15.6 Å². The number of nitrogens with zero attached hydrogens (tertiary/aromatic N) is 2. The predicted octanol–water partition coefficient (Wildman–Crippen LogP) is 3.36. The highest BCUT2D eigenvalue weighted by molar-refractivity contribution is 6.32. The summed E-state index contributed by atoms with van der Waals surface area (Å²) in [4.78, 5) is 15.9. The van der Waals surface area contributed by atoms with E-state index >= 15 is 0 Å². The van der Waals surface area contributed by atoms with Crippen LogP contribution >= 0.6 is 11.6 Å². The zero-order chi connectivity index (χ0) is 15.9. The Balaban J connectivity index is 1.81. The Kier molecular flexibility index (Phi) is 5.34. The maximum atomic E-state index is 11.8. The minimum atomic E-state index is -0.122. The zero-order valence-electron chi connectivity index (χ0n) is 12.1. The van der Waals surface area contributed by atoms with Gasteiger partial charge < -0.3 is 10.6 Å². The Labute approximate surface area is 133 Å². The third kappa shape index (κ3) is 4.47. The van der Waals surface area contributed by atoms with Crippen LogP contribution in [0.15, 0.2) is 36.5 Å². The van der Waals surface area contributed by atoms with Crippen molar-refractivity contribution in [3.05, 3.63) is 52.7 Å². The Bertz CT molecular complexity index is 707. The van der Waals surface area contributed by atoms with Gasteiger partial charge in [0.2, 0.25) is 5.91 Å². The first-order valence-electron chi connectivity index (χ1n) is 6.74. The molecule has 2 rings (SSSR count). The van der Waals surface area contributed by atoms with Crippen molar-refractivity contribution in [2.75, 3.05) is 17.2 Å². The fourth-order valence-corrected chi connectivity index (χ4v) is 2.01. The second-order valence-corrected chi connectivity index (χ2v) is 5.16. The highest BCUT2D eigenvalue weighted by Gasteiger charge is 2.04. The molecule has 0 unspecified atom stereocenters. The van der Waals surface area contributed by atoms with Crippen molar-refractivity contribution in [2.45, 2.75) is 13.3 Å². The van der Waals surface area contributed by atoms with Crippen LogP contribution in [0.5, 0.6) is 0 Å². The topological polar surface area (TPSA) is 77.8 Å². The number of aromatic nitrogens is 1. The number of hydrogen-bond donors (Lipinski definition) is 2. The lowest BCUT2D eigenvalue weighted by molar-refractivity contribution is -0.116. The minimum Gasteiger partial charge on any atom is -0.384 e. The number of pyridine rings is 1. The highest BCUT2D eigenvalue weighted by atomic mass is 35.5. The lowest BCUT2D eigenvalue weighted by Gasteiger charge is -2.08. The number of nitrogens with one attached hydrogen (secondary N) is 2. The Morgan fingerprint density at radius 3 is 2.82 bits per heavy atom. The number of halogens is 1. The summed E-state index contributed by atoms with van der Waals surface area (Å²) in [5.74, 6) is 0.417. The van der Waals surface area contributed by atoms with Crippen LogP contribution in [0.3, 0.4) is 0 Å². The van der Waals surface area contributed by atoms with Crippen molar-refractivity contribution in [3.63, 3.8) is 0 Å². The molecule has 0 spiro atoms. The lowest BCUT2D eigenvalue weighted by atomic mass is 10.2. The molecule has 1 heterocycles. The van der Waals surface area contributed by atoms with Gasteiger partial charge in [-0.25, -0.2) is 4.98 Å². The molecule has 2 N–H and O–H groups in total. The number of nitriles is 1. The summed E-state index contributed by atoms with van der Waals surface area (Å²) < 4.78 is 0. The van der Waals surface area contributed by atoms with E-state index in [0.717, 1.165) is 11.3 Å². The van der Waals surface area contributed by atoms with Gasteiger partial charge in [0.05, 0.1) is 10.6 Å². The maximum Gasteiger partial charge on any atom is 0.227 e. The molecule has 0 bridgehead atoms. The van der Waals surface area contributed by atoms with Gasteiger partial charge in [0.15, 0.2) is 0 Å². The third-order valence-electron chi connectivity index (χ3n) is 2.95. The van der Waals surface area contributed by atoms with Gasteiger partial charge in [-0.15, -0.1) is 0 Å². The van der Waals surface area contributed by atoms with E-state index in [0.29, 0.717) is 29.4 Å². The third-order valence-corrected chi connectivity index (χ3v) is 3.26. The van der Waals surface area contributed by atoms with E-state index in [1.807, 2.05) is 19.1 Å². The van der Waals surface area contributed by atoms with Crippen molar-refractivity contribution in [3.8, 4) is 6.07 Å². The standard InChI is InChI=1S/C16H15ClN4O/c1-11-2-5-15(20-10-11)21-16(22)6-7-19-13-4-3-12(9-18)14(17)8-13/h2-5,8,10,19H,6-7H2,1H3,(H,20,21,22). The molecule has 1 aromatic carbocycles. The molecule has 0 aliphatic carbocycles. The molecule has 22 heavy (non-hydrogen) atoms. The van der Waals surface area contributed by atoms with Gasteiger partial charge in [0.1, 0.15) is 11.9 Å². The van der Waals surface area contributed by atoms with Gasteiger partial charge in [-0.1, -0.05) is 17.7 Å². The van der Waals surface area contributed by atoms with Crippen LogP contribution in [0.4, 0.5) is 11.5 Å². The fourth-order valence-electron chi connectivity index (χ4n) is 1.78. The van der Waals surface area contributed by atoms with Gasteiger partial charge >= 0.3 is 0 Å². The SMILES string of the molecule is Cc1ccc(NC(=O)CCNc2ccc(C#N)c(Cl)c2)nc1. The number of rotatable bonds is 5. The van der Waals surface area contributed by atoms with E-state index in [1.165, 1.54) is 0 Å². The van der Waals surface area contributed by atoms with Crippen LogP contribution in [0.1, 0.15) is 17.5 Å². The Morgan fingerprint density at radius 2 is 2.18 bits per heavy atom. The molecule has 0 saturated carbocycles. The normalized spacial score (nSPS) is 9.86. The summed E-state index contributed by atoms with van der Waals surface area (Å²) in [7, 11) is 0. The largest absolute Gasteiger partial charge is 0.384 e. The summed E-state index contributed by atoms with van der Waals surface area (Å²) in [5.41, 5.74) is 2.23. The molecular formula is C16H15ClN4O. The van der Waals surface area contributed by atoms with Crippen molar-refractivity contribution in [2.24, 2.45) is 0 Å². The van der Waals surface area contributed by atoms with Crippen LogP contribution in [0.2, 0.25) is 5.02 Å². The first-order chi connectivity index (χ1) is 10.6. The van der Waals surface area contributed by atoms with Gasteiger partial charge in [-0.05, 0) is 36.8 Å². The zero-order valence-corrected chi connectivity index (χ0v) is 12.8. The second-order valence-electron chi connectivity index (χ2n) is 4.75. The predicted molar refractivity (Wildman–Crippen MR) is 86.9 cm³/mol. The second kappa shape index (κ2) is 7.43. The fraction of sp³-hybridized carbons (Fsp3) is 0.188. The maximum absolute atomic E-state index is 11.8. The average Bonchev–Trinajstić information content (AvgIpc) is 2.50. The molecule has 6 heteroatoms. The molecule has 1 amide bonds. The molecule has 0 saturated heterocycles. The van der Waals surface area contributed by atoms with Crippen LogP contribution in [0.25, 0.3) is 0 Å². The number of carbonyl (C=O) groups is 1. The van der Waals surface area contributed by atoms with Crippen LogP contribution in [-0.2, 0) is 4.79 Å². The summed E-state index contributed by atoms with van der Waals surface area (Å²) in [6.45, 7) is 2.39. The molecule has 0 atom stereocenters. The molecule has 112 valence electrons. The van der Waals surface area contributed by atoms with Gasteiger partial charge in [0.25, 0.3) is 0 Å². The number of carbonyl (C=O) groups excluding carboxylic acids is 1. The quantitative estimate of drug-likeness (QED) is 0.887. The van der Waals surface area contributed by atoms with Crippen molar-refractivity contribution < 1.29 is 4.79 Å². The van der Waals surface area contributed by atoms with E-state index in [1.54, 1.807) is 30.5 Å². The highest BCUT2D eigenvalue weighted by Crippen LogP contribution is 2.20. The molecule has 0 radical (unpaired) electrons. The first-order valence-corrected chi connectivity index (χ1v) is 7.12. The summed E-state index contributed by atoms with van der Waals surface area (Å²) in [6, 6.07) is 10.7.